The summed E-state index contributed by atoms with van der Waals surface area (Å²) in [6.07, 6.45) is -9.68. The topological polar surface area (TPSA) is 35.2 Å². The van der Waals surface area contributed by atoms with E-state index in [0.717, 1.165) is 7.11 Å². The van der Waals surface area contributed by atoms with Crippen LogP contribution in [0.2, 0.25) is 0 Å². The van der Waals surface area contributed by atoms with Crippen molar-refractivity contribution in [2.45, 2.75) is 38.7 Å². The fourth-order valence-corrected chi connectivity index (χ4v) is 2.20. The SMILES string of the molecule is COc1cc(C(F)(F)F)cc(C(F)(F)F)c1[C@H](N)CC(C)C. The van der Waals surface area contributed by atoms with Crippen LogP contribution in [0.5, 0.6) is 5.75 Å². The van der Waals surface area contributed by atoms with Gasteiger partial charge in [-0.2, -0.15) is 26.3 Å². The highest BCUT2D eigenvalue weighted by atomic mass is 19.4. The van der Waals surface area contributed by atoms with Crippen LogP contribution in [0.3, 0.4) is 0 Å². The second-order valence-corrected chi connectivity index (χ2v) is 5.37. The summed E-state index contributed by atoms with van der Waals surface area (Å²) in [7, 11) is 1.02. The van der Waals surface area contributed by atoms with Crippen LogP contribution in [0.25, 0.3) is 0 Å². The second-order valence-electron chi connectivity index (χ2n) is 5.37. The molecule has 1 atom stereocenters. The summed E-state index contributed by atoms with van der Waals surface area (Å²) in [6, 6.07) is -0.447. The predicted octanol–water partition coefficient (Wildman–Crippen LogP) is 4.78. The average Bonchev–Trinajstić information content (AvgIpc) is 2.33. The Hall–Kier alpha value is -1.44. The standard InChI is InChI=1S/C14H17F6NO/c1-7(2)4-10(21)12-9(14(18,19)20)5-8(13(15,16)17)6-11(12)22-3/h5-7,10H,4,21H2,1-3H3/t10-/m1/s1. The van der Waals surface area contributed by atoms with Gasteiger partial charge in [0.1, 0.15) is 5.75 Å². The number of rotatable bonds is 4. The van der Waals surface area contributed by atoms with Gasteiger partial charge < -0.3 is 10.5 Å². The normalized spacial score (nSPS) is 14.3. The van der Waals surface area contributed by atoms with Gasteiger partial charge in [-0.05, 0) is 24.5 Å². The zero-order chi connectivity index (χ0) is 17.3. The number of hydrogen-bond donors (Lipinski definition) is 1. The van der Waals surface area contributed by atoms with Crippen molar-refractivity contribution in [2.24, 2.45) is 11.7 Å². The van der Waals surface area contributed by atoms with E-state index in [1.165, 1.54) is 0 Å². The molecule has 0 aromatic heterocycles. The lowest BCUT2D eigenvalue weighted by Crippen LogP contribution is -2.21. The first-order valence-electron chi connectivity index (χ1n) is 6.49. The Labute approximate surface area is 124 Å². The highest BCUT2D eigenvalue weighted by Crippen LogP contribution is 2.44. The van der Waals surface area contributed by atoms with Crippen LogP contribution in [0, 0.1) is 5.92 Å². The molecule has 126 valence electrons. The zero-order valence-electron chi connectivity index (χ0n) is 12.3. The lowest BCUT2D eigenvalue weighted by atomic mass is 9.91. The molecule has 2 N–H and O–H groups in total. The van der Waals surface area contributed by atoms with E-state index < -0.39 is 40.8 Å². The van der Waals surface area contributed by atoms with Crippen molar-refractivity contribution in [3.8, 4) is 5.75 Å². The molecule has 0 aliphatic carbocycles. The fraction of sp³-hybridized carbons (Fsp3) is 0.571. The van der Waals surface area contributed by atoms with Crippen molar-refractivity contribution in [3.05, 3.63) is 28.8 Å². The van der Waals surface area contributed by atoms with Crippen molar-refractivity contribution in [2.75, 3.05) is 7.11 Å². The number of ether oxygens (including phenoxy) is 1. The Morgan fingerprint density at radius 1 is 1.05 bits per heavy atom. The molecular formula is C14H17F6NO. The minimum absolute atomic E-state index is 0.0249. The molecule has 0 spiro atoms. The minimum atomic E-state index is -4.96. The molecule has 0 heterocycles. The molecule has 2 nitrogen and oxygen atoms in total. The van der Waals surface area contributed by atoms with Crippen LogP contribution >= 0.6 is 0 Å². The smallest absolute Gasteiger partial charge is 0.416 e. The largest absolute Gasteiger partial charge is 0.496 e. The molecule has 0 aliphatic rings. The first-order valence-corrected chi connectivity index (χ1v) is 6.49. The number of methoxy groups -OCH3 is 1. The van der Waals surface area contributed by atoms with Crippen molar-refractivity contribution in [1.82, 2.24) is 0 Å². The van der Waals surface area contributed by atoms with Crippen molar-refractivity contribution < 1.29 is 31.1 Å². The Balaban J connectivity index is 3.59. The lowest BCUT2D eigenvalue weighted by Gasteiger charge is -2.24. The van der Waals surface area contributed by atoms with Gasteiger partial charge in [0.25, 0.3) is 0 Å². The maximum atomic E-state index is 13.2. The number of hydrogen-bond acceptors (Lipinski definition) is 2. The molecule has 1 aromatic rings. The number of nitrogens with two attached hydrogens (primary N) is 1. The maximum absolute atomic E-state index is 13.2. The third kappa shape index (κ3) is 4.28. The maximum Gasteiger partial charge on any atom is 0.416 e. The number of halogens is 6. The van der Waals surface area contributed by atoms with Gasteiger partial charge in [0.05, 0.1) is 18.2 Å². The van der Waals surface area contributed by atoms with E-state index in [0.29, 0.717) is 6.07 Å². The van der Waals surface area contributed by atoms with Gasteiger partial charge in [0, 0.05) is 11.6 Å². The summed E-state index contributed by atoms with van der Waals surface area (Å²) >= 11 is 0. The van der Waals surface area contributed by atoms with Gasteiger partial charge in [-0.15, -0.1) is 0 Å². The van der Waals surface area contributed by atoms with Crippen LogP contribution in [0.4, 0.5) is 26.3 Å². The van der Waals surface area contributed by atoms with Gasteiger partial charge >= 0.3 is 12.4 Å². The van der Waals surface area contributed by atoms with E-state index in [1.54, 1.807) is 13.8 Å². The van der Waals surface area contributed by atoms with Crippen LogP contribution in [-0.4, -0.2) is 7.11 Å². The predicted molar refractivity (Wildman–Crippen MR) is 69.4 cm³/mol. The molecule has 1 aromatic carbocycles. The summed E-state index contributed by atoms with van der Waals surface area (Å²) in [5.41, 5.74) is 2.49. The van der Waals surface area contributed by atoms with Gasteiger partial charge in [0.15, 0.2) is 0 Å². The van der Waals surface area contributed by atoms with E-state index in [4.69, 9.17) is 10.5 Å². The quantitative estimate of drug-likeness (QED) is 0.807. The highest BCUT2D eigenvalue weighted by molar-refractivity contribution is 5.48. The Morgan fingerprint density at radius 3 is 1.95 bits per heavy atom. The average molecular weight is 329 g/mol. The third-order valence-corrected chi connectivity index (χ3v) is 3.09. The molecule has 0 saturated carbocycles. The molecule has 0 radical (unpaired) electrons. The summed E-state index contributed by atoms with van der Waals surface area (Å²) in [4.78, 5) is 0. The fourth-order valence-electron chi connectivity index (χ4n) is 2.20. The van der Waals surface area contributed by atoms with Crippen LogP contribution < -0.4 is 10.5 Å². The molecule has 0 aliphatic heterocycles. The molecular weight excluding hydrogens is 312 g/mol. The Bertz CT molecular complexity index is 521. The molecule has 1 rings (SSSR count). The molecule has 0 fully saturated rings. The monoisotopic (exact) mass is 329 g/mol. The molecule has 0 saturated heterocycles. The molecule has 0 amide bonds. The zero-order valence-corrected chi connectivity index (χ0v) is 12.3. The molecule has 22 heavy (non-hydrogen) atoms. The third-order valence-electron chi connectivity index (χ3n) is 3.09. The minimum Gasteiger partial charge on any atom is -0.496 e. The number of alkyl halides is 6. The van der Waals surface area contributed by atoms with Gasteiger partial charge in [-0.25, -0.2) is 0 Å². The second kappa shape index (κ2) is 6.36. The molecule has 0 unspecified atom stereocenters. The van der Waals surface area contributed by atoms with E-state index in [1.807, 2.05) is 0 Å². The Kier molecular flexibility index (Phi) is 5.38. The van der Waals surface area contributed by atoms with E-state index >= 15 is 0 Å². The number of benzene rings is 1. The van der Waals surface area contributed by atoms with Gasteiger partial charge in [0.2, 0.25) is 0 Å². The highest BCUT2D eigenvalue weighted by Gasteiger charge is 2.41. The lowest BCUT2D eigenvalue weighted by molar-refractivity contribution is -0.143. The van der Waals surface area contributed by atoms with E-state index in [9.17, 15) is 26.3 Å². The first-order chi connectivity index (χ1) is 9.87. The summed E-state index contributed by atoms with van der Waals surface area (Å²) in [6.45, 7) is 3.51. The summed E-state index contributed by atoms with van der Waals surface area (Å²) in [5, 5.41) is 0. The van der Waals surface area contributed by atoms with Crippen molar-refractivity contribution >= 4 is 0 Å². The van der Waals surface area contributed by atoms with Crippen molar-refractivity contribution in [3.63, 3.8) is 0 Å². The van der Waals surface area contributed by atoms with Gasteiger partial charge in [-0.3, -0.25) is 0 Å². The molecule has 8 heteroatoms. The van der Waals surface area contributed by atoms with Crippen LogP contribution in [-0.2, 0) is 12.4 Å². The molecule has 0 bridgehead atoms. The first kappa shape index (κ1) is 18.6. The summed E-state index contributed by atoms with van der Waals surface area (Å²) in [5.74, 6) is -0.529. The van der Waals surface area contributed by atoms with Crippen molar-refractivity contribution in [1.29, 1.82) is 0 Å². The van der Waals surface area contributed by atoms with Crippen LogP contribution in [0.15, 0.2) is 12.1 Å². The van der Waals surface area contributed by atoms with Crippen LogP contribution in [0.1, 0.15) is 43.0 Å². The van der Waals surface area contributed by atoms with E-state index in [-0.39, 0.29) is 18.4 Å². The Morgan fingerprint density at radius 2 is 1.59 bits per heavy atom. The van der Waals surface area contributed by atoms with E-state index in [2.05, 4.69) is 0 Å². The summed E-state index contributed by atoms with van der Waals surface area (Å²) < 4.78 is 82.5. The van der Waals surface area contributed by atoms with Gasteiger partial charge in [-0.1, -0.05) is 13.8 Å².